The first-order valence-electron chi connectivity index (χ1n) is 8.62. The highest BCUT2D eigenvalue weighted by Crippen LogP contribution is 2.30. The Morgan fingerprint density at radius 1 is 0.963 bits per heavy atom. The standard InChI is InChI=1S/C23H17ClO3/c1-15-22(18-9-5-6-10-20(18)24)23(25)19-12-11-17(13-21(19)27-15)26-14-16-7-3-2-4-8-16/h2-13H,14H2,1H3. The van der Waals surface area contributed by atoms with Gasteiger partial charge in [0.25, 0.3) is 0 Å². The summed E-state index contributed by atoms with van der Waals surface area (Å²) in [6, 6.07) is 22.5. The lowest BCUT2D eigenvalue weighted by atomic mass is 10.0. The minimum atomic E-state index is -0.101. The van der Waals surface area contributed by atoms with Crippen LogP contribution >= 0.6 is 11.6 Å². The minimum absolute atomic E-state index is 0.101. The van der Waals surface area contributed by atoms with E-state index in [1.54, 1.807) is 31.2 Å². The Bertz CT molecular complexity index is 1160. The van der Waals surface area contributed by atoms with E-state index in [0.29, 0.717) is 45.2 Å². The van der Waals surface area contributed by atoms with Crippen molar-refractivity contribution in [3.8, 4) is 16.9 Å². The first-order valence-corrected chi connectivity index (χ1v) is 9.00. The Kier molecular flexibility index (Phi) is 4.69. The third-order valence-corrected chi connectivity index (χ3v) is 4.76. The van der Waals surface area contributed by atoms with E-state index in [-0.39, 0.29) is 5.43 Å². The van der Waals surface area contributed by atoms with Crippen LogP contribution in [0.3, 0.4) is 0 Å². The second-order valence-corrected chi connectivity index (χ2v) is 6.68. The van der Waals surface area contributed by atoms with E-state index >= 15 is 0 Å². The molecule has 0 spiro atoms. The van der Waals surface area contributed by atoms with Gasteiger partial charge in [0, 0.05) is 16.7 Å². The van der Waals surface area contributed by atoms with Crippen molar-refractivity contribution in [2.24, 2.45) is 0 Å². The molecule has 4 heteroatoms. The summed E-state index contributed by atoms with van der Waals surface area (Å²) in [7, 11) is 0. The van der Waals surface area contributed by atoms with E-state index in [4.69, 9.17) is 20.8 Å². The molecule has 3 nitrogen and oxygen atoms in total. The average Bonchev–Trinajstić information content (AvgIpc) is 2.68. The van der Waals surface area contributed by atoms with Crippen molar-refractivity contribution in [1.29, 1.82) is 0 Å². The number of hydrogen-bond donors (Lipinski definition) is 0. The largest absolute Gasteiger partial charge is 0.489 e. The molecule has 0 aliphatic rings. The molecule has 1 aromatic heterocycles. The lowest BCUT2D eigenvalue weighted by molar-refractivity contribution is 0.306. The summed E-state index contributed by atoms with van der Waals surface area (Å²) in [5, 5.41) is 1.03. The molecule has 0 amide bonds. The number of aryl methyl sites for hydroxylation is 1. The topological polar surface area (TPSA) is 39.4 Å². The van der Waals surface area contributed by atoms with Gasteiger partial charge < -0.3 is 9.15 Å². The number of ether oxygens (including phenoxy) is 1. The van der Waals surface area contributed by atoms with Gasteiger partial charge in [0.15, 0.2) is 0 Å². The summed E-state index contributed by atoms with van der Waals surface area (Å²) in [5.41, 5.74) is 2.64. The molecule has 3 aromatic carbocycles. The Morgan fingerprint density at radius 3 is 2.48 bits per heavy atom. The van der Waals surface area contributed by atoms with Gasteiger partial charge in [0.2, 0.25) is 5.43 Å². The van der Waals surface area contributed by atoms with Crippen molar-refractivity contribution < 1.29 is 9.15 Å². The molecule has 0 atom stereocenters. The molecule has 0 aliphatic heterocycles. The molecule has 4 rings (SSSR count). The molecule has 0 bridgehead atoms. The van der Waals surface area contributed by atoms with Crippen LogP contribution in [0, 0.1) is 6.92 Å². The molecule has 0 aliphatic carbocycles. The lowest BCUT2D eigenvalue weighted by Gasteiger charge is -2.10. The van der Waals surface area contributed by atoms with Gasteiger partial charge in [0.05, 0.1) is 10.9 Å². The maximum atomic E-state index is 13.0. The Balaban J connectivity index is 1.73. The van der Waals surface area contributed by atoms with E-state index in [1.807, 2.05) is 48.5 Å². The highest BCUT2D eigenvalue weighted by Gasteiger charge is 2.16. The van der Waals surface area contributed by atoms with E-state index < -0.39 is 0 Å². The fourth-order valence-corrected chi connectivity index (χ4v) is 3.32. The number of hydrogen-bond acceptors (Lipinski definition) is 3. The van der Waals surface area contributed by atoms with Crippen molar-refractivity contribution in [2.75, 3.05) is 0 Å². The van der Waals surface area contributed by atoms with Crippen molar-refractivity contribution in [3.05, 3.63) is 99.4 Å². The number of rotatable bonds is 4. The summed E-state index contributed by atoms with van der Waals surface area (Å²) in [5.74, 6) is 1.18. The van der Waals surface area contributed by atoms with Crippen LogP contribution in [0.5, 0.6) is 5.75 Å². The van der Waals surface area contributed by atoms with E-state index in [1.165, 1.54) is 0 Å². The summed E-state index contributed by atoms with van der Waals surface area (Å²) in [6.45, 7) is 2.23. The van der Waals surface area contributed by atoms with Gasteiger partial charge in [-0.1, -0.05) is 60.1 Å². The van der Waals surface area contributed by atoms with Gasteiger partial charge in [-0.25, -0.2) is 0 Å². The van der Waals surface area contributed by atoms with Gasteiger partial charge >= 0.3 is 0 Å². The first-order chi connectivity index (χ1) is 13.1. The van der Waals surface area contributed by atoms with Gasteiger partial charge in [-0.3, -0.25) is 4.79 Å². The van der Waals surface area contributed by atoms with E-state index in [2.05, 4.69) is 0 Å². The zero-order chi connectivity index (χ0) is 18.8. The maximum Gasteiger partial charge on any atom is 0.200 e. The first kappa shape index (κ1) is 17.4. The van der Waals surface area contributed by atoms with Gasteiger partial charge in [-0.15, -0.1) is 0 Å². The van der Waals surface area contributed by atoms with Crippen molar-refractivity contribution in [1.82, 2.24) is 0 Å². The third kappa shape index (κ3) is 3.46. The molecule has 134 valence electrons. The Labute approximate surface area is 161 Å². The van der Waals surface area contributed by atoms with Crippen LogP contribution in [-0.4, -0.2) is 0 Å². The second kappa shape index (κ2) is 7.29. The highest BCUT2D eigenvalue weighted by atomic mass is 35.5. The van der Waals surface area contributed by atoms with Gasteiger partial charge in [-0.2, -0.15) is 0 Å². The molecule has 0 N–H and O–H groups in total. The zero-order valence-electron chi connectivity index (χ0n) is 14.7. The quantitative estimate of drug-likeness (QED) is 0.438. The number of halogens is 1. The summed E-state index contributed by atoms with van der Waals surface area (Å²) < 4.78 is 11.8. The third-order valence-electron chi connectivity index (χ3n) is 4.43. The Morgan fingerprint density at radius 2 is 1.70 bits per heavy atom. The minimum Gasteiger partial charge on any atom is -0.489 e. The van der Waals surface area contributed by atoms with E-state index in [9.17, 15) is 4.79 Å². The fourth-order valence-electron chi connectivity index (χ4n) is 3.09. The molecule has 0 fully saturated rings. The summed E-state index contributed by atoms with van der Waals surface area (Å²) >= 11 is 6.28. The van der Waals surface area contributed by atoms with Crippen LogP contribution in [0.2, 0.25) is 5.02 Å². The predicted octanol–water partition coefficient (Wildman–Crippen LogP) is 6.00. The highest BCUT2D eigenvalue weighted by molar-refractivity contribution is 6.33. The summed E-state index contributed by atoms with van der Waals surface area (Å²) in [6.07, 6.45) is 0. The molecule has 4 aromatic rings. The summed E-state index contributed by atoms with van der Waals surface area (Å²) in [4.78, 5) is 13.0. The van der Waals surface area contributed by atoms with Crippen LogP contribution in [0.1, 0.15) is 11.3 Å². The maximum absolute atomic E-state index is 13.0. The molecule has 0 saturated heterocycles. The Hall–Kier alpha value is -3.04. The number of fused-ring (bicyclic) bond motifs is 1. The number of benzene rings is 3. The predicted molar refractivity (Wildman–Crippen MR) is 108 cm³/mol. The molecular weight excluding hydrogens is 360 g/mol. The molecule has 0 unspecified atom stereocenters. The normalized spacial score (nSPS) is 10.9. The SMILES string of the molecule is Cc1oc2cc(OCc3ccccc3)ccc2c(=O)c1-c1ccccc1Cl. The van der Waals surface area contributed by atoms with Gasteiger partial charge in [0.1, 0.15) is 23.7 Å². The molecular formula is C23H17ClO3. The van der Waals surface area contributed by atoms with Crippen molar-refractivity contribution in [3.63, 3.8) is 0 Å². The van der Waals surface area contributed by atoms with E-state index in [0.717, 1.165) is 5.56 Å². The monoisotopic (exact) mass is 376 g/mol. The average molecular weight is 377 g/mol. The molecule has 27 heavy (non-hydrogen) atoms. The molecule has 0 saturated carbocycles. The zero-order valence-corrected chi connectivity index (χ0v) is 15.5. The van der Waals surface area contributed by atoms with Crippen LogP contribution in [0.15, 0.2) is 82.0 Å². The van der Waals surface area contributed by atoms with Crippen LogP contribution in [-0.2, 0) is 6.61 Å². The molecule has 0 radical (unpaired) electrons. The fraction of sp³-hybridized carbons (Fsp3) is 0.0870. The van der Waals surface area contributed by atoms with Crippen LogP contribution in [0.25, 0.3) is 22.1 Å². The second-order valence-electron chi connectivity index (χ2n) is 6.27. The molecule has 1 heterocycles. The lowest BCUT2D eigenvalue weighted by Crippen LogP contribution is -2.08. The van der Waals surface area contributed by atoms with Crippen LogP contribution < -0.4 is 10.2 Å². The van der Waals surface area contributed by atoms with Crippen LogP contribution in [0.4, 0.5) is 0 Å². The smallest absolute Gasteiger partial charge is 0.200 e. The van der Waals surface area contributed by atoms with Crippen molar-refractivity contribution >= 4 is 22.6 Å². The van der Waals surface area contributed by atoms with Gasteiger partial charge in [-0.05, 0) is 30.7 Å². The van der Waals surface area contributed by atoms with Crippen molar-refractivity contribution in [2.45, 2.75) is 13.5 Å².